The van der Waals surface area contributed by atoms with Gasteiger partial charge in [0.15, 0.2) is 0 Å². The molecule has 0 spiro atoms. The van der Waals surface area contributed by atoms with Gasteiger partial charge in [0.25, 0.3) is 0 Å². The largest absolute Gasteiger partial charge is 0.368 e. The van der Waals surface area contributed by atoms with E-state index in [2.05, 4.69) is 4.98 Å². The number of imidazole rings is 1. The molecule has 0 unspecified atom stereocenters. The van der Waals surface area contributed by atoms with Crippen molar-refractivity contribution in [3.8, 4) is 0 Å². The summed E-state index contributed by atoms with van der Waals surface area (Å²) in [7, 11) is 0. The highest BCUT2D eigenvalue weighted by atomic mass is 35.5. The summed E-state index contributed by atoms with van der Waals surface area (Å²) >= 11 is 5.66. The Kier molecular flexibility index (Phi) is 3.28. The molecule has 6 heteroatoms. The summed E-state index contributed by atoms with van der Waals surface area (Å²) in [6.07, 6.45) is 0.505. The van der Waals surface area contributed by atoms with Crippen LogP contribution < -0.4 is 5.73 Å². The second-order valence-electron chi connectivity index (χ2n) is 3.65. The van der Waals surface area contributed by atoms with Gasteiger partial charge in [-0.3, -0.25) is 4.79 Å². The number of nitrogens with two attached hydrogens (primary N) is 1. The summed E-state index contributed by atoms with van der Waals surface area (Å²) in [5.74, 6) is 0.147. The number of benzene rings is 1. The average molecular weight is 256 g/mol. The summed E-state index contributed by atoms with van der Waals surface area (Å²) < 4.78 is 14.8. The van der Waals surface area contributed by atoms with Gasteiger partial charge in [-0.25, -0.2) is 9.37 Å². The number of carbonyl (C=O) groups excluding carboxylic acids is 1. The summed E-state index contributed by atoms with van der Waals surface area (Å²) in [5, 5.41) is 0. The number of fused-ring (bicyclic) bond motifs is 1. The van der Waals surface area contributed by atoms with E-state index >= 15 is 0 Å². The third-order valence-electron chi connectivity index (χ3n) is 2.42. The van der Waals surface area contributed by atoms with Crippen LogP contribution in [0.15, 0.2) is 18.2 Å². The Morgan fingerprint density at radius 2 is 2.29 bits per heavy atom. The molecule has 1 aromatic carbocycles. The SMILES string of the molecule is NC(=O)Cn1c(CCCl)nc2ccc(F)cc21. The highest BCUT2D eigenvalue weighted by molar-refractivity contribution is 6.17. The molecule has 1 amide bonds. The van der Waals surface area contributed by atoms with Crippen LogP contribution in [-0.4, -0.2) is 21.3 Å². The van der Waals surface area contributed by atoms with Crippen molar-refractivity contribution in [3.05, 3.63) is 29.8 Å². The maximum absolute atomic E-state index is 13.2. The third kappa shape index (κ3) is 2.39. The molecular weight excluding hydrogens is 245 g/mol. The first-order valence-corrected chi connectivity index (χ1v) is 5.64. The summed E-state index contributed by atoms with van der Waals surface area (Å²) in [6.45, 7) is -0.0217. The molecule has 4 nitrogen and oxygen atoms in total. The number of aromatic nitrogens is 2. The normalized spacial score (nSPS) is 10.9. The van der Waals surface area contributed by atoms with Gasteiger partial charge in [0.2, 0.25) is 5.91 Å². The molecule has 2 N–H and O–H groups in total. The number of carbonyl (C=O) groups is 1. The number of nitrogens with zero attached hydrogens (tertiary/aromatic N) is 2. The lowest BCUT2D eigenvalue weighted by Gasteiger charge is -2.05. The monoisotopic (exact) mass is 255 g/mol. The molecule has 1 heterocycles. The van der Waals surface area contributed by atoms with E-state index in [0.29, 0.717) is 29.2 Å². The summed E-state index contributed by atoms with van der Waals surface area (Å²) in [6, 6.07) is 4.23. The minimum Gasteiger partial charge on any atom is -0.368 e. The Hall–Kier alpha value is -1.62. The second kappa shape index (κ2) is 4.71. The van der Waals surface area contributed by atoms with E-state index < -0.39 is 5.91 Å². The van der Waals surface area contributed by atoms with Crippen molar-refractivity contribution in [2.45, 2.75) is 13.0 Å². The van der Waals surface area contributed by atoms with E-state index in [-0.39, 0.29) is 12.4 Å². The number of primary amides is 1. The maximum atomic E-state index is 13.2. The van der Waals surface area contributed by atoms with Crippen LogP contribution in [0.2, 0.25) is 0 Å². The van der Waals surface area contributed by atoms with Crippen molar-refractivity contribution in [2.75, 3.05) is 5.88 Å². The van der Waals surface area contributed by atoms with E-state index in [1.807, 2.05) is 0 Å². The highest BCUT2D eigenvalue weighted by Crippen LogP contribution is 2.18. The summed E-state index contributed by atoms with van der Waals surface area (Å²) in [5.41, 5.74) is 6.35. The Bertz CT molecular complexity index is 567. The average Bonchev–Trinajstić information content (AvgIpc) is 2.57. The number of hydrogen-bond donors (Lipinski definition) is 1. The van der Waals surface area contributed by atoms with Crippen molar-refractivity contribution in [1.82, 2.24) is 9.55 Å². The van der Waals surface area contributed by atoms with Crippen molar-refractivity contribution in [1.29, 1.82) is 0 Å². The van der Waals surface area contributed by atoms with Crippen molar-refractivity contribution >= 4 is 28.5 Å². The molecule has 0 saturated heterocycles. The van der Waals surface area contributed by atoms with Gasteiger partial charge in [-0.2, -0.15) is 0 Å². The quantitative estimate of drug-likeness (QED) is 0.841. The van der Waals surface area contributed by atoms with Gasteiger partial charge in [-0.1, -0.05) is 0 Å². The van der Waals surface area contributed by atoms with Crippen LogP contribution >= 0.6 is 11.6 Å². The summed E-state index contributed by atoms with van der Waals surface area (Å²) in [4.78, 5) is 15.3. The lowest BCUT2D eigenvalue weighted by molar-refractivity contribution is -0.118. The van der Waals surface area contributed by atoms with Crippen LogP contribution in [0, 0.1) is 5.82 Å². The Balaban J connectivity index is 2.59. The minimum absolute atomic E-state index is 0.0217. The second-order valence-corrected chi connectivity index (χ2v) is 4.03. The molecule has 2 rings (SSSR count). The fourth-order valence-electron chi connectivity index (χ4n) is 1.75. The zero-order valence-electron chi connectivity index (χ0n) is 8.99. The molecule has 0 aliphatic carbocycles. The van der Waals surface area contributed by atoms with E-state index in [0.717, 1.165) is 0 Å². The molecule has 0 radical (unpaired) electrons. The van der Waals surface area contributed by atoms with Crippen molar-refractivity contribution in [3.63, 3.8) is 0 Å². The van der Waals surface area contributed by atoms with Crippen LogP contribution in [0.25, 0.3) is 11.0 Å². The van der Waals surface area contributed by atoms with Gasteiger partial charge < -0.3 is 10.3 Å². The first-order valence-electron chi connectivity index (χ1n) is 5.10. The van der Waals surface area contributed by atoms with Gasteiger partial charge >= 0.3 is 0 Å². The van der Waals surface area contributed by atoms with Gasteiger partial charge in [0.1, 0.15) is 18.2 Å². The third-order valence-corrected chi connectivity index (χ3v) is 2.61. The predicted molar refractivity (Wildman–Crippen MR) is 63.3 cm³/mol. The molecule has 0 aliphatic rings. The molecule has 0 fully saturated rings. The molecule has 0 aliphatic heterocycles. The van der Waals surface area contributed by atoms with E-state index in [9.17, 15) is 9.18 Å². The van der Waals surface area contributed by atoms with Crippen LogP contribution in [0.5, 0.6) is 0 Å². The predicted octanol–water partition coefficient (Wildman–Crippen LogP) is 1.44. The van der Waals surface area contributed by atoms with Crippen molar-refractivity contribution in [2.24, 2.45) is 5.73 Å². The van der Waals surface area contributed by atoms with Gasteiger partial charge in [-0.15, -0.1) is 11.6 Å². The number of halogens is 2. The van der Waals surface area contributed by atoms with Gasteiger partial charge in [0, 0.05) is 12.3 Å². The van der Waals surface area contributed by atoms with E-state index in [1.54, 1.807) is 10.6 Å². The molecule has 17 heavy (non-hydrogen) atoms. The molecular formula is C11H11ClFN3O. The number of aryl methyl sites for hydroxylation is 1. The fourth-order valence-corrected chi connectivity index (χ4v) is 1.92. The van der Waals surface area contributed by atoms with Crippen LogP contribution in [0.3, 0.4) is 0 Å². The molecule has 2 aromatic rings. The Morgan fingerprint density at radius 1 is 1.53 bits per heavy atom. The number of amides is 1. The molecule has 90 valence electrons. The molecule has 0 saturated carbocycles. The number of alkyl halides is 1. The fraction of sp³-hybridized carbons (Fsp3) is 0.273. The van der Waals surface area contributed by atoms with Crippen LogP contribution in [0.4, 0.5) is 4.39 Å². The molecule has 1 aromatic heterocycles. The van der Waals surface area contributed by atoms with Crippen LogP contribution in [-0.2, 0) is 17.8 Å². The number of rotatable bonds is 4. The van der Waals surface area contributed by atoms with Crippen LogP contribution in [0.1, 0.15) is 5.82 Å². The smallest absolute Gasteiger partial charge is 0.237 e. The number of hydrogen-bond acceptors (Lipinski definition) is 2. The molecule has 0 atom stereocenters. The first kappa shape index (κ1) is 11.9. The van der Waals surface area contributed by atoms with E-state index in [1.165, 1.54) is 12.1 Å². The lowest BCUT2D eigenvalue weighted by Crippen LogP contribution is -2.20. The maximum Gasteiger partial charge on any atom is 0.237 e. The van der Waals surface area contributed by atoms with Gasteiger partial charge in [0.05, 0.1) is 11.0 Å². The zero-order valence-corrected chi connectivity index (χ0v) is 9.75. The standard InChI is InChI=1S/C11H11ClFN3O/c12-4-3-11-15-8-2-1-7(13)5-9(8)16(11)6-10(14)17/h1-2,5H,3-4,6H2,(H2,14,17). The molecule has 0 bridgehead atoms. The highest BCUT2D eigenvalue weighted by Gasteiger charge is 2.12. The van der Waals surface area contributed by atoms with Crippen molar-refractivity contribution < 1.29 is 9.18 Å². The zero-order chi connectivity index (χ0) is 12.4. The first-order chi connectivity index (χ1) is 8.11. The van der Waals surface area contributed by atoms with Gasteiger partial charge in [-0.05, 0) is 18.2 Å². The Morgan fingerprint density at radius 3 is 2.94 bits per heavy atom. The lowest BCUT2D eigenvalue weighted by atomic mass is 10.3. The Labute approximate surface area is 102 Å². The minimum atomic E-state index is -0.496. The topological polar surface area (TPSA) is 60.9 Å². The van der Waals surface area contributed by atoms with E-state index in [4.69, 9.17) is 17.3 Å².